The van der Waals surface area contributed by atoms with Crippen molar-refractivity contribution in [3.05, 3.63) is 63.4 Å². The summed E-state index contributed by atoms with van der Waals surface area (Å²) in [5.41, 5.74) is 3.69. The summed E-state index contributed by atoms with van der Waals surface area (Å²) in [4.78, 5) is 4.30. The van der Waals surface area contributed by atoms with Crippen LogP contribution < -0.4 is 0 Å². The Balaban J connectivity index is 1.95. The molecule has 2 aromatic rings. The van der Waals surface area contributed by atoms with Gasteiger partial charge in [0.05, 0.1) is 5.60 Å². The van der Waals surface area contributed by atoms with Gasteiger partial charge in [0.1, 0.15) is 0 Å². The van der Waals surface area contributed by atoms with Gasteiger partial charge in [-0.2, -0.15) is 0 Å². The molecule has 19 heavy (non-hydrogen) atoms. The second-order valence-corrected chi connectivity index (χ2v) is 6.23. The number of aliphatic hydroxyl groups is 1. The van der Waals surface area contributed by atoms with Crippen molar-refractivity contribution in [2.75, 3.05) is 0 Å². The van der Waals surface area contributed by atoms with Crippen LogP contribution in [0.1, 0.15) is 28.8 Å². The number of aromatic nitrogens is 1. The molecule has 0 bridgehead atoms. The summed E-state index contributed by atoms with van der Waals surface area (Å²) in [7, 11) is 0. The molecule has 0 radical (unpaired) electrons. The van der Waals surface area contributed by atoms with Crippen molar-refractivity contribution in [1.82, 2.24) is 4.98 Å². The van der Waals surface area contributed by atoms with Crippen LogP contribution in [-0.4, -0.2) is 10.1 Å². The molecule has 1 N–H and O–H groups in total. The number of rotatable bonds is 1. The monoisotopic (exact) mass is 317 g/mol. The highest BCUT2D eigenvalue weighted by Gasteiger charge is 2.34. The van der Waals surface area contributed by atoms with E-state index in [9.17, 15) is 5.11 Å². The maximum Gasteiger partial charge on any atom is 0.0954 e. The standard InChI is InChI=1S/C16H16BrNO/c1-11-2-4-14(10-18-11)16(19)7-6-12-8-15(17)5-3-13(12)9-16/h2-5,8,10,19H,6-7,9H2,1H3. The lowest BCUT2D eigenvalue weighted by Gasteiger charge is -2.34. The molecule has 1 atom stereocenters. The highest BCUT2D eigenvalue weighted by Crippen LogP contribution is 2.37. The average Bonchev–Trinajstić information content (AvgIpc) is 2.40. The fourth-order valence-electron chi connectivity index (χ4n) is 2.73. The van der Waals surface area contributed by atoms with E-state index in [0.29, 0.717) is 6.42 Å². The third-order valence-electron chi connectivity index (χ3n) is 3.91. The summed E-state index contributed by atoms with van der Waals surface area (Å²) < 4.78 is 1.11. The largest absolute Gasteiger partial charge is 0.385 e. The number of hydrogen-bond donors (Lipinski definition) is 1. The van der Waals surface area contributed by atoms with Gasteiger partial charge in [0.25, 0.3) is 0 Å². The summed E-state index contributed by atoms with van der Waals surface area (Å²) in [6, 6.07) is 10.3. The summed E-state index contributed by atoms with van der Waals surface area (Å²) in [6.07, 6.45) is 4.12. The fraction of sp³-hybridized carbons (Fsp3) is 0.312. The Bertz CT molecular complexity index is 609. The van der Waals surface area contributed by atoms with Gasteiger partial charge in [0.2, 0.25) is 0 Å². The highest BCUT2D eigenvalue weighted by atomic mass is 79.9. The number of halogens is 1. The van der Waals surface area contributed by atoms with Gasteiger partial charge in [-0.25, -0.2) is 0 Å². The molecule has 2 nitrogen and oxygen atoms in total. The van der Waals surface area contributed by atoms with Crippen molar-refractivity contribution in [2.45, 2.75) is 31.8 Å². The maximum atomic E-state index is 10.9. The Hall–Kier alpha value is -1.19. The van der Waals surface area contributed by atoms with Crippen molar-refractivity contribution in [3.63, 3.8) is 0 Å². The van der Waals surface area contributed by atoms with E-state index >= 15 is 0 Å². The Morgan fingerprint density at radius 3 is 2.79 bits per heavy atom. The molecule has 0 spiro atoms. The quantitative estimate of drug-likeness (QED) is 0.872. The van der Waals surface area contributed by atoms with Crippen molar-refractivity contribution < 1.29 is 5.11 Å². The molecule has 0 saturated heterocycles. The number of hydrogen-bond acceptors (Lipinski definition) is 2. The predicted molar refractivity (Wildman–Crippen MR) is 79.0 cm³/mol. The molecule has 0 aliphatic heterocycles. The topological polar surface area (TPSA) is 33.1 Å². The zero-order chi connectivity index (χ0) is 13.5. The minimum absolute atomic E-state index is 0.667. The molecule has 1 aliphatic rings. The van der Waals surface area contributed by atoms with Gasteiger partial charge in [0, 0.05) is 28.3 Å². The van der Waals surface area contributed by atoms with Crippen LogP contribution in [0.25, 0.3) is 0 Å². The Labute approximate surface area is 121 Å². The van der Waals surface area contributed by atoms with Crippen LogP contribution in [0.15, 0.2) is 41.0 Å². The molecule has 3 rings (SSSR count). The normalized spacial score (nSPS) is 22.1. The van der Waals surface area contributed by atoms with Crippen LogP contribution in [0, 0.1) is 6.92 Å². The second-order valence-electron chi connectivity index (χ2n) is 5.31. The first-order chi connectivity index (χ1) is 9.07. The van der Waals surface area contributed by atoms with Crippen molar-refractivity contribution >= 4 is 15.9 Å². The van der Waals surface area contributed by atoms with Gasteiger partial charge in [-0.3, -0.25) is 4.98 Å². The summed E-state index contributed by atoms with van der Waals surface area (Å²) in [5.74, 6) is 0. The van der Waals surface area contributed by atoms with Gasteiger partial charge < -0.3 is 5.11 Å². The number of pyridine rings is 1. The lowest BCUT2D eigenvalue weighted by Crippen LogP contribution is -2.33. The zero-order valence-corrected chi connectivity index (χ0v) is 12.4. The third-order valence-corrected chi connectivity index (χ3v) is 4.40. The van der Waals surface area contributed by atoms with Crippen LogP contribution in [0.5, 0.6) is 0 Å². The first-order valence-corrected chi connectivity index (χ1v) is 7.29. The van der Waals surface area contributed by atoms with Crippen LogP contribution in [0.3, 0.4) is 0 Å². The van der Waals surface area contributed by atoms with Crippen molar-refractivity contribution in [2.24, 2.45) is 0 Å². The van der Waals surface area contributed by atoms with E-state index in [2.05, 4.69) is 33.0 Å². The minimum Gasteiger partial charge on any atom is -0.385 e. The van der Waals surface area contributed by atoms with Gasteiger partial charge in [-0.05, 0) is 49.1 Å². The molecule has 0 fully saturated rings. The van der Waals surface area contributed by atoms with E-state index in [1.54, 1.807) is 6.20 Å². The molecule has 1 heterocycles. The van der Waals surface area contributed by atoms with E-state index in [4.69, 9.17) is 0 Å². The lowest BCUT2D eigenvalue weighted by molar-refractivity contribution is 0.0219. The molecular weight excluding hydrogens is 302 g/mol. The first-order valence-electron chi connectivity index (χ1n) is 6.50. The summed E-state index contributed by atoms with van der Waals surface area (Å²) in [5, 5.41) is 10.9. The Morgan fingerprint density at radius 2 is 2.05 bits per heavy atom. The number of aryl methyl sites for hydroxylation is 2. The number of benzene rings is 1. The minimum atomic E-state index is -0.776. The number of nitrogens with zero attached hydrogens (tertiary/aromatic N) is 1. The van der Waals surface area contributed by atoms with E-state index in [0.717, 1.165) is 28.6 Å². The van der Waals surface area contributed by atoms with Crippen LogP contribution >= 0.6 is 15.9 Å². The summed E-state index contributed by atoms with van der Waals surface area (Å²) in [6.45, 7) is 1.96. The molecule has 1 aromatic heterocycles. The first kappa shape index (κ1) is 12.8. The van der Waals surface area contributed by atoms with E-state index in [-0.39, 0.29) is 0 Å². The molecule has 3 heteroatoms. The molecule has 1 unspecified atom stereocenters. The maximum absolute atomic E-state index is 10.9. The van der Waals surface area contributed by atoms with Gasteiger partial charge >= 0.3 is 0 Å². The van der Waals surface area contributed by atoms with Crippen molar-refractivity contribution in [3.8, 4) is 0 Å². The Morgan fingerprint density at radius 1 is 1.21 bits per heavy atom. The van der Waals surface area contributed by atoms with Crippen LogP contribution in [0.2, 0.25) is 0 Å². The second kappa shape index (κ2) is 4.73. The zero-order valence-electron chi connectivity index (χ0n) is 10.9. The SMILES string of the molecule is Cc1ccc(C2(O)CCc3cc(Br)ccc3C2)cn1. The third kappa shape index (κ3) is 2.45. The molecule has 1 aromatic carbocycles. The smallest absolute Gasteiger partial charge is 0.0954 e. The van der Waals surface area contributed by atoms with Crippen molar-refractivity contribution in [1.29, 1.82) is 0 Å². The van der Waals surface area contributed by atoms with Gasteiger partial charge in [-0.15, -0.1) is 0 Å². The molecule has 1 aliphatic carbocycles. The fourth-order valence-corrected chi connectivity index (χ4v) is 3.14. The van der Waals surface area contributed by atoms with Gasteiger partial charge in [0.15, 0.2) is 0 Å². The Kier molecular flexibility index (Phi) is 3.19. The van der Waals surface area contributed by atoms with E-state index in [1.165, 1.54) is 11.1 Å². The predicted octanol–water partition coefficient (Wildman–Crippen LogP) is 3.53. The number of fused-ring (bicyclic) bond motifs is 1. The molecule has 98 valence electrons. The lowest BCUT2D eigenvalue weighted by atomic mass is 9.77. The molecule has 0 saturated carbocycles. The average molecular weight is 318 g/mol. The molecular formula is C16H16BrNO. The summed E-state index contributed by atoms with van der Waals surface area (Å²) >= 11 is 3.50. The van der Waals surface area contributed by atoms with Gasteiger partial charge in [-0.1, -0.05) is 28.1 Å². The molecule has 0 amide bonds. The van der Waals surface area contributed by atoms with E-state index in [1.807, 2.05) is 25.1 Å². The van der Waals surface area contributed by atoms with Crippen LogP contribution in [-0.2, 0) is 18.4 Å². The van der Waals surface area contributed by atoms with Crippen LogP contribution in [0.4, 0.5) is 0 Å². The van der Waals surface area contributed by atoms with E-state index < -0.39 is 5.60 Å². The highest BCUT2D eigenvalue weighted by molar-refractivity contribution is 9.10.